The van der Waals surface area contributed by atoms with Gasteiger partial charge < -0.3 is 14.4 Å². The predicted octanol–water partition coefficient (Wildman–Crippen LogP) is 7.32. The first-order chi connectivity index (χ1) is 23.0. The quantitative estimate of drug-likeness (QED) is 0.322. The lowest BCUT2D eigenvalue weighted by atomic mass is 9.64. The van der Waals surface area contributed by atoms with Crippen LogP contribution in [0.15, 0.2) is 48.6 Å². The maximum Gasteiger partial charge on any atom is 0.264 e. The van der Waals surface area contributed by atoms with Gasteiger partial charge in [0.1, 0.15) is 11.4 Å². The Hall–Kier alpha value is -1.85. The Morgan fingerprint density at radius 3 is 2.65 bits per heavy atom. The predicted molar refractivity (Wildman–Crippen MR) is 198 cm³/mol. The summed E-state index contributed by atoms with van der Waals surface area (Å²) in [5.41, 5.74) is 3.01. The molecule has 1 N–H and O–H groups in total. The van der Waals surface area contributed by atoms with Gasteiger partial charge in [0.2, 0.25) is 10.0 Å². The second-order valence-electron chi connectivity index (χ2n) is 14.6. The molecule has 0 aromatic heterocycles. The molecule has 260 valence electrons. The SMILES string of the molecule is CO[C@@]1(C2SCCCS2)/C=C\[C@H](C)[C@H](C)CS(=O)(=O)NC(=O)c2ccc3c(c2)N(C[C@@H]2CC[C@H]21)C[C@@]1(CCCc2cc(Cl)ccc21)CO3. The van der Waals surface area contributed by atoms with Gasteiger partial charge in [0.15, 0.2) is 0 Å². The van der Waals surface area contributed by atoms with Crippen LogP contribution in [0.1, 0.15) is 67.4 Å². The number of benzene rings is 2. The number of thioether (sulfide) groups is 2. The number of allylic oxidation sites excluding steroid dienone is 1. The molecule has 7 nitrogen and oxygen atoms in total. The van der Waals surface area contributed by atoms with E-state index in [1.54, 1.807) is 6.07 Å². The van der Waals surface area contributed by atoms with Crippen LogP contribution in [0.5, 0.6) is 5.75 Å². The summed E-state index contributed by atoms with van der Waals surface area (Å²) in [5, 5.41) is 0.752. The van der Waals surface area contributed by atoms with E-state index in [9.17, 15) is 13.2 Å². The third-order valence-electron chi connectivity index (χ3n) is 11.6. The van der Waals surface area contributed by atoms with Crippen molar-refractivity contribution in [2.45, 2.75) is 68.0 Å². The van der Waals surface area contributed by atoms with Crippen LogP contribution in [0, 0.1) is 23.7 Å². The van der Waals surface area contributed by atoms with E-state index in [-0.39, 0.29) is 27.6 Å². The molecule has 1 amide bonds. The Morgan fingerprint density at radius 1 is 1.08 bits per heavy atom. The second-order valence-corrected chi connectivity index (χ2v) is 19.6. The maximum absolute atomic E-state index is 13.5. The van der Waals surface area contributed by atoms with Gasteiger partial charge in [-0.25, -0.2) is 13.1 Å². The van der Waals surface area contributed by atoms with Crippen molar-refractivity contribution in [3.8, 4) is 5.75 Å². The minimum absolute atomic E-state index is 0.0235. The summed E-state index contributed by atoms with van der Waals surface area (Å²) in [6.45, 7) is 6.06. The van der Waals surface area contributed by atoms with Crippen LogP contribution < -0.4 is 14.4 Å². The van der Waals surface area contributed by atoms with Gasteiger partial charge in [0, 0.05) is 36.2 Å². The van der Waals surface area contributed by atoms with Gasteiger partial charge in [0.25, 0.3) is 5.91 Å². The smallest absolute Gasteiger partial charge is 0.264 e. The fourth-order valence-corrected chi connectivity index (χ4v) is 13.7. The van der Waals surface area contributed by atoms with E-state index >= 15 is 0 Å². The number of carbonyl (C=O) groups is 1. The second kappa shape index (κ2) is 13.7. The molecular formula is C37H47ClN2O5S3. The average Bonchev–Trinajstić information content (AvgIpc) is 3.21. The summed E-state index contributed by atoms with van der Waals surface area (Å²) in [5.74, 6) is 2.65. The zero-order valence-electron chi connectivity index (χ0n) is 28.1. The van der Waals surface area contributed by atoms with Crippen molar-refractivity contribution in [2.75, 3.05) is 49.0 Å². The highest BCUT2D eigenvalue weighted by Crippen LogP contribution is 2.54. The van der Waals surface area contributed by atoms with E-state index < -0.39 is 21.5 Å². The Bertz CT molecular complexity index is 1680. The first-order valence-corrected chi connectivity index (χ1v) is 21.5. The number of hydrogen-bond donors (Lipinski definition) is 1. The van der Waals surface area contributed by atoms with Crippen LogP contribution in [-0.2, 0) is 26.6 Å². The number of amides is 1. The largest absolute Gasteiger partial charge is 0.490 e. The Balaban J connectivity index is 1.34. The van der Waals surface area contributed by atoms with Gasteiger partial charge in [-0.1, -0.05) is 43.7 Å². The molecule has 11 heteroatoms. The Labute approximate surface area is 299 Å². The Kier molecular flexibility index (Phi) is 9.87. The third kappa shape index (κ3) is 6.54. The molecule has 2 aromatic carbocycles. The lowest BCUT2D eigenvalue weighted by molar-refractivity contribution is -0.0640. The van der Waals surface area contributed by atoms with Gasteiger partial charge >= 0.3 is 0 Å². The van der Waals surface area contributed by atoms with Crippen LogP contribution in [0.3, 0.4) is 0 Å². The molecular weight excluding hydrogens is 684 g/mol. The van der Waals surface area contributed by atoms with E-state index in [1.165, 1.54) is 17.5 Å². The number of halogens is 1. The molecule has 3 aliphatic heterocycles. The lowest BCUT2D eigenvalue weighted by Gasteiger charge is -2.53. The number of fused-ring (bicyclic) bond motifs is 4. The molecule has 2 fully saturated rings. The molecule has 2 bridgehead atoms. The standard InChI is InChI=1S/C37H47ClN2O5S3/c1-24-13-15-37(44-3,35-46-16-5-17-47-35)31-10-7-28(31)20-40-22-36(14-4-6-26-18-29(38)9-11-30(26)36)23-45-33-12-8-27(19-32(33)40)34(41)39-48(42,43)21-25(24)2/h8-9,11-13,15,18-19,24-25,28,31,35H,4-7,10,14,16-17,20-23H2,1-3H3,(H,39,41)/b15-13-/t24-,25+,28-,31+,36-,37-/m0/s1. The number of sulfonamides is 1. The fraction of sp³-hybridized carbons (Fsp3) is 0.595. The topological polar surface area (TPSA) is 84.9 Å². The number of nitrogens with one attached hydrogen (secondary N) is 1. The molecule has 1 spiro atoms. The van der Waals surface area contributed by atoms with Crippen molar-refractivity contribution in [1.82, 2.24) is 4.72 Å². The molecule has 7 rings (SSSR count). The van der Waals surface area contributed by atoms with E-state index in [4.69, 9.17) is 21.1 Å². The molecule has 1 saturated heterocycles. The van der Waals surface area contributed by atoms with E-state index in [1.807, 2.05) is 55.8 Å². The molecule has 0 radical (unpaired) electrons. The van der Waals surface area contributed by atoms with E-state index in [0.717, 1.165) is 73.2 Å². The summed E-state index contributed by atoms with van der Waals surface area (Å²) < 4.78 is 42.6. The molecule has 2 aromatic rings. The molecule has 6 atom stereocenters. The van der Waals surface area contributed by atoms with Crippen molar-refractivity contribution >= 4 is 56.7 Å². The number of carbonyl (C=O) groups excluding carboxylic acids is 1. The molecule has 1 saturated carbocycles. The highest BCUT2D eigenvalue weighted by Gasteiger charge is 2.53. The number of rotatable bonds is 2. The zero-order valence-corrected chi connectivity index (χ0v) is 31.3. The lowest BCUT2D eigenvalue weighted by Crippen LogP contribution is -2.56. The maximum atomic E-state index is 13.5. The van der Waals surface area contributed by atoms with Gasteiger partial charge in [0.05, 0.1) is 22.6 Å². The summed E-state index contributed by atoms with van der Waals surface area (Å²) in [6.07, 6.45) is 10.9. The molecule has 3 heterocycles. The van der Waals surface area contributed by atoms with Crippen LogP contribution in [0.2, 0.25) is 5.02 Å². The van der Waals surface area contributed by atoms with Gasteiger partial charge in [-0.2, -0.15) is 0 Å². The summed E-state index contributed by atoms with van der Waals surface area (Å²) in [4.78, 5) is 15.9. The highest BCUT2D eigenvalue weighted by molar-refractivity contribution is 8.17. The summed E-state index contributed by atoms with van der Waals surface area (Å²) >= 11 is 10.5. The normalized spacial score (nSPS) is 34.5. The number of ether oxygens (including phenoxy) is 2. The van der Waals surface area contributed by atoms with Crippen LogP contribution in [-0.4, -0.2) is 68.6 Å². The van der Waals surface area contributed by atoms with Gasteiger partial charge in [-0.15, -0.1) is 23.5 Å². The molecule has 2 aliphatic carbocycles. The van der Waals surface area contributed by atoms with E-state index in [2.05, 4.69) is 40.8 Å². The molecule has 48 heavy (non-hydrogen) atoms. The Morgan fingerprint density at radius 2 is 1.90 bits per heavy atom. The van der Waals surface area contributed by atoms with Crippen molar-refractivity contribution in [3.05, 3.63) is 70.3 Å². The van der Waals surface area contributed by atoms with Crippen LogP contribution in [0.25, 0.3) is 0 Å². The van der Waals surface area contributed by atoms with Crippen molar-refractivity contribution in [3.63, 3.8) is 0 Å². The number of methoxy groups -OCH3 is 1. The summed E-state index contributed by atoms with van der Waals surface area (Å²) in [7, 11) is -2.02. The van der Waals surface area contributed by atoms with Crippen molar-refractivity contribution in [2.24, 2.45) is 23.7 Å². The highest BCUT2D eigenvalue weighted by atomic mass is 35.5. The van der Waals surface area contributed by atoms with Crippen LogP contribution in [0.4, 0.5) is 5.69 Å². The number of hydrogen-bond acceptors (Lipinski definition) is 8. The van der Waals surface area contributed by atoms with Gasteiger partial charge in [-0.05, 0) is 115 Å². The van der Waals surface area contributed by atoms with Crippen LogP contribution >= 0.6 is 35.1 Å². The molecule has 5 aliphatic rings. The van der Waals surface area contributed by atoms with Gasteiger partial charge in [-0.3, -0.25) is 4.79 Å². The average molecular weight is 731 g/mol. The first kappa shape index (κ1) is 34.6. The molecule has 0 unspecified atom stereocenters. The van der Waals surface area contributed by atoms with E-state index in [0.29, 0.717) is 24.0 Å². The minimum atomic E-state index is -3.88. The monoisotopic (exact) mass is 730 g/mol. The third-order valence-corrected chi connectivity index (χ3v) is 16.5. The first-order valence-electron chi connectivity index (χ1n) is 17.4. The summed E-state index contributed by atoms with van der Waals surface area (Å²) in [6, 6.07) is 11.7. The van der Waals surface area contributed by atoms with Crippen molar-refractivity contribution < 1.29 is 22.7 Å². The fourth-order valence-electron chi connectivity index (χ4n) is 8.59. The number of nitrogens with zero attached hydrogens (tertiary/aromatic N) is 1. The van der Waals surface area contributed by atoms with Crippen molar-refractivity contribution in [1.29, 1.82) is 0 Å². The zero-order chi connectivity index (χ0) is 33.7. The number of aryl methyl sites for hydroxylation is 1. The number of anilines is 1. The minimum Gasteiger partial charge on any atom is -0.490 e.